The van der Waals surface area contributed by atoms with Crippen molar-refractivity contribution in [2.24, 2.45) is 0 Å². The number of nitrogens with one attached hydrogen (secondary N) is 1. The van der Waals surface area contributed by atoms with Crippen molar-refractivity contribution in [2.45, 2.75) is 38.3 Å². The molecule has 3 rings (SSSR count). The van der Waals surface area contributed by atoms with Crippen LogP contribution in [0.2, 0.25) is 10.0 Å². The quantitative estimate of drug-likeness (QED) is 0.751. The largest absolute Gasteiger partial charge is 0.347 e. The maximum Gasteiger partial charge on any atom is 0.244 e. The fourth-order valence-corrected chi connectivity index (χ4v) is 5.09. The van der Waals surface area contributed by atoms with Gasteiger partial charge in [-0.25, -0.2) is 8.42 Å². The van der Waals surface area contributed by atoms with Crippen molar-refractivity contribution < 1.29 is 13.2 Å². The van der Waals surface area contributed by atoms with E-state index in [0.717, 1.165) is 35.4 Å². The number of hydrogen-bond acceptors (Lipinski definition) is 3. The van der Waals surface area contributed by atoms with Crippen LogP contribution in [0.1, 0.15) is 36.9 Å². The van der Waals surface area contributed by atoms with Gasteiger partial charge < -0.3 is 5.32 Å². The van der Waals surface area contributed by atoms with Crippen molar-refractivity contribution in [2.75, 3.05) is 10.6 Å². The molecule has 2 aromatic carbocycles. The van der Waals surface area contributed by atoms with Crippen molar-refractivity contribution >= 4 is 44.8 Å². The lowest BCUT2D eigenvalue weighted by molar-refractivity contribution is -0.122. The molecule has 2 aromatic rings. The zero-order valence-electron chi connectivity index (χ0n) is 15.7. The lowest BCUT2D eigenvalue weighted by Crippen LogP contribution is -2.49. The number of benzene rings is 2. The molecule has 0 radical (unpaired) electrons. The molecule has 1 aliphatic rings. The summed E-state index contributed by atoms with van der Waals surface area (Å²) in [6, 6.07) is 11.4. The van der Waals surface area contributed by atoms with E-state index >= 15 is 0 Å². The van der Waals surface area contributed by atoms with E-state index < -0.39 is 16.1 Å². The van der Waals surface area contributed by atoms with E-state index in [-0.39, 0.29) is 17.0 Å². The fraction of sp³-hybridized carbons (Fsp3) is 0.350. The fourth-order valence-electron chi connectivity index (χ4n) is 3.63. The molecule has 0 spiro atoms. The van der Waals surface area contributed by atoms with Crippen molar-refractivity contribution in [3.05, 3.63) is 63.6 Å². The summed E-state index contributed by atoms with van der Waals surface area (Å²) in [5.41, 5.74) is 2.61. The summed E-state index contributed by atoms with van der Waals surface area (Å²) in [6.07, 6.45) is 3.84. The number of amides is 1. The van der Waals surface area contributed by atoms with Gasteiger partial charge in [0.15, 0.2) is 0 Å². The molecule has 28 heavy (non-hydrogen) atoms. The summed E-state index contributed by atoms with van der Waals surface area (Å²) in [7, 11) is -3.72. The summed E-state index contributed by atoms with van der Waals surface area (Å²) >= 11 is 12.0. The third-order valence-electron chi connectivity index (χ3n) is 4.93. The Morgan fingerprint density at radius 3 is 2.57 bits per heavy atom. The molecular formula is C20H22Cl2N2O3S. The van der Waals surface area contributed by atoms with Crippen LogP contribution >= 0.6 is 23.2 Å². The summed E-state index contributed by atoms with van der Waals surface area (Å²) in [4.78, 5) is 13.0. The molecule has 0 bridgehead atoms. The highest BCUT2D eigenvalue weighted by Crippen LogP contribution is 2.31. The monoisotopic (exact) mass is 440 g/mol. The van der Waals surface area contributed by atoms with E-state index in [0.29, 0.717) is 10.7 Å². The van der Waals surface area contributed by atoms with Crippen LogP contribution in [0.25, 0.3) is 0 Å². The number of carbonyl (C=O) groups excluding carboxylic acids is 1. The Morgan fingerprint density at radius 1 is 1.18 bits per heavy atom. The molecule has 8 heteroatoms. The number of carbonyl (C=O) groups is 1. The molecule has 1 aliphatic carbocycles. The Balaban J connectivity index is 1.86. The first-order valence-corrected chi connectivity index (χ1v) is 11.6. The van der Waals surface area contributed by atoms with Crippen LogP contribution in [-0.4, -0.2) is 26.6 Å². The van der Waals surface area contributed by atoms with Gasteiger partial charge in [0.05, 0.1) is 28.0 Å². The first kappa shape index (κ1) is 21.0. The molecule has 0 aliphatic heterocycles. The van der Waals surface area contributed by atoms with E-state index in [2.05, 4.69) is 11.4 Å². The Hall–Kier alpha value is -1.76. The zero-order valence-corrected chi connectivity index (χ0v) is 18.0. The first-order chi connectivity index (χ1) is 13.2. The Labute approximate surface area is 175 Å². The Morgan fingerprint density at radius 2 is 1.89 bits per heavy atom. The first-order valence-electron chi connectivity index (χ1n) is 9.01. The molecule has 1 N–H and O–H groups in total. The Kier molecular flexibility index (Phi) is 6.22. The summed E-state index contributed by atoms with van der Waals surface area (Å²) in [6.45, 7) is 1.56. The van der Waals surface area contributed by atoms with Gasteiger partial charge in [-0.2, -0.15) is 0 Å². The molecule has 0 fully saturated rings. The van der Waals surface area contributed by atoms with E-state index in [1.807, 2.05) is 18.2 Å². The third kappa shape index (κ3) is 4.45. The standard InChI is InChI=1S/C20H22Cl2N2O3S/c1-13(24(28(2,26)27)15-10-11-17(21)18(22)12-15)20(25)23-19-9-5-7-14-6-3-4-8-16(14)19/h3-4,6,8,10-13,19H,5,7,9H2,1-2H3,(H,23,25). The molecule has 2 unspecified atom stereocenters. The van der Waals surface area contributed by atoms with Gasteiger partial charge in [-0.05, 0) is 55.5 Å². The lowest BCUT2D eigenvalue weighted by Gasteiger charge is -2.32. The SMILES string of the molecule is CC(C(=O)NC1CCCc2ccccc21)N(c1ccc(Cl)c(Cl)c1)S(C)(=O)=O. The number of fused-ring (bicyclic) bond motifs is 1. The highest BCUT2D eigenvalue weighted by Gasteiger charge is 2.31. The molecule has 0 saturated carbocycles. The van der Waals surface area contributed by atoms with E-state index in [9.17, 15) is 13.2 Å². The molecule has 5 nitrogen and oxygen atoms in total. The van der Waals surface area contributed by atoms with Crippen molar-refractivity contribution in [3.8, 4) is 0 Å². The maximum atomic E-state index is 13.0. The number of nitrogens with zero attached hydrogens (tertiary/aromatic N) is 1. The minimum Gasteiger partial charge on any atom is -0.347 e. The number of hydrogen-bond donors (Lipinski definition) is 1. The number of aryl methyl sites for hydroxylation is 1. The van der Waals surface area contributed by atoms with Gasteiger partial charge in [0, 0.05) is 0 Å². The lowest BCUT2D eigenvalue weighted by atomic mass is 9.87. The highest BCUT2D eigenvalue weighted by molar-refractivity contribution is 7.92. The van der Waals surface area contributed by atoms with Gasteiger partial charge in [0.1, 0.15) is 6.04 Å². The normalized spacial score (nSPS) is 17.5. The van der Waals surface area contributed by atoms with Gasteiger partial charge >= 0.3 is 0 Å². The van der Waals surface area contributed by atoms with Crippen molar-refractivity contribution in [3.63, 3.8) is 0 Å². The van der Waals surface area contributed by atoms with Crippen molar-refractivity contribution in [1.29, 1.82) is 0 Å². The highest BCUT2D eigenvalue weighted by atomic mass is 35.5. The van der Waals surface area contributed by atoms with E-state index in [1.54, 1.807) is 6.92 Å². The van der Waals surface area contributed by atoms with Crippen LogP contribution in [0.4, 0.5) is 5.69 Å². The average Bonchev–Trinajstić information content (AvgIpc) is 2.64. The van der Waals surface area contributed by atoms with Crippen LogP contribution in [0.5, 0.6) is 0 Å². The maximum absolute atomic E-state index is 13.0. The molecule has 0 heterocycles. The van der Waals surface area contributed by atoms with Crippen LogP contribution in [0, 0.1) is 0 Å². The van der Waals surface area contributed by atoms with Gasteiger partial charge in [-0.15, -0.1) is 0 Å². The molecule has 2 atom stereocenters. The number of rotatable bonds is 5. The number of sulfonamides is 1. The van der Waals surface area contributed by atoms with Crippen LogP contribution in [0.15, 0.2) is 42.5 Å². The second-order valence-electron chi connectivity index (χ2n) is 6.99. The van der Waals surface area contributed by atoms with E-state index in [1.165, 1.54) is 23.8 Å². The zero-order chi connectivity index (χ0) is 20.5. The molecule has 150 valence electrons. The summed E-state index contributed by atoms with van der Waals surface area (Å²) < 4.78 is 25.9. The van der Waals surface area contributed by atoms with E-state index in [4.69, 9.17) is 23.2 Å². The topological polar surface area (TPSA) is 66.5 Å². The summed E-state index contributed by atoms with van der Waals surface area (Å²) in [5.74, 6) is -0.363. The predicted octanol–water partition coefficient (Wildman–Crippen LogP) is 4.34. The molecule has 0 saturated heterocycles. The minimum absolute atomic E-state index is 0.130. The minimum atomic E-state index is -3.72. The summed E-state index contributed by atoms with van der Waals surface area (Å²) in [5, 5.41) is 3.56. The van der Waals surface area contributed by atoms with Gasteiger partial charge in [-0.1, -0.05) is 47.5 Å². The molecule has 1 amide bonds. The smallest absolute Gasteiger partial charge is 0.244 e. The molecule has 0 aromatic heterocycles. The number of anilines is 1. The van der Waals surface area contributed by atoms with Crippen LogP contribution in [-0.2, 0) is 21.2 Å². The second kappa shape index (κ2) is 8.31. The molecular weight excluding hydrogens is 419 g/mol. The van der Waals surface area contributed by atoms with Gasteiger partial charge in [0.2, 0.25) is 15.9 Å². The van der Waals surface area contributed by atoms with Gasteiger partial charge in [0.25, 0.3) is 0 Å². The van der Waals surface area contributed by atoms with Crippen LogP contribution in [0.3, 0.4) is 0 Å². The second-order valence-corrected chi connectivity index (χ2v) is 9.66. The Bertz CT molecular complexity index is 995. The van der Waals surface area contributed by atoms with Gasteiger partial charge in [-0.3, -0.25) is 9.10 Å². The average molecular weight is 441 g/mol. The third-order valence-corrected chi connectivity index (χ3v) is 6.91. The predicted molar refractivity (Wildman–Crippen MR) is 114 cm³/mol. The van der Waals surface area contributed by atoms with Crippen LogP contribution < -0.4 is 9.62 Å². The van der Waals surface area contributed by atoms with Crippen molar-refractivity contribution in [1.82, 2.24) is 5.32 Å². The number of halogens is 2.